The SMILES string of the molecule is CNc1ncnc(NCC2(CO)CCCCC2)c1C(C)C. The summed E-state index contributed by atoms with van der Waals surface area (Å²) in [7, 11) is 1.88. The van der Waals surface area contributed by atoms with Crippen LogP contribution in [0.3, 0.4) is 0 Å². The van der Waals surface area contributed by atoms with Crippen molar-refractivity contribution in [3.63, 3.8) is 0 Å². The predicted molar refractivity (Wildman–Crippen MR) is 86.8 cm³/mol. The zero-order valence-corrected chi connectivity index (χ0v) is 13.4. The third kappa shape index (κ3) is 3.64. The van der Waals surface area contributed by atoms with E-state index in [4.69, 9.17) is 0 Å². The fourth-order valence-corrected chi connectivity index (χ4v) is 3.25. The first kappa shape index (κ1) is 16.0. The Balaban J connectivity index is 2.15. The Labute approximate surface area is 127 Å². The Morgan fingerprint density at radius 1 is 1.19 bits per heavy atom. The number of anilines is 2. The summed E-state index contributed by atoms with van der Waals surface area (Å²) in [5.41, 5.74) is 1.13. The molecule has 5 nitrogen and oxygen atoms in total. The Morgan fingerprint density at radius 2 is 1.86 bits per heavy atom. The molecule has 0 atom stereocenters. The van der Waals surface area contributed by atoms with E-state index in [2.05, 4.69) is 34.4 Å². The van der Waals surface area contributed by atoms with Gasteiger partial charge in [-0.15, -0.1) is 0 Å². The summed E-state index contributed by atoms with van der Waals surface area (Å²) in [6.07, 6.45) is 7.49. The molecule has 1 aromatic rings. The highest BCUT2D eigenvalue weighted by atomic mass is 16.3. The quantitative estimate of drug-likeness (QED) is 0.752. The maximum atomic E-state index is 9.81. The fourth-order valence-electron chi connectivity index (χ4n) is 3.25. The highest BCUT2D eigenvalue weighted by Crippen LogP contribution is 2.37. The molecule has 5 heteroatoms. The van der Waals surface area contributed by atoms with Gasteiger partial charge in [0.05, 0.1) is 6.61 Å². The van der Waals surface area contributed by atoms with E-state index >= 15 is 0 Å². The summed E-state index contributed by atoms with van der Waals surface area (Å²) < 4.78 is 0. The van der Waals surface area contributed by atoms with Gasteiger partial charge < -0.3 is 15.7 Å². The van der Waals surface area contributed by atoms with E-state index in [1.807, 2.05) is 7.05 Å². The van der Waals surface area contributed by atoms with Gasteiger partial charge in [0.1, 0.15) is 18.0 Å². The molecule has 1 fully saturated rings. The summed E-state index contributed by atoms with van der Waals surface area (Å²) in [4.78, 5) is 8.71. The molecule has 0 spiro atoms. The number of aliphatic hydroxyl groups is 1. The lowest BCUT2D eigenvalue weighted by atomic mass is 9.74. The van der Waals surface area contributed by atoms with E-state index in [-0.39, 0.29) is 12.0 Å². The molecule has 0 aliphatic heterocycles. The van der Waals surface area contributed by atoms with Crippen molar-refractivity contribution in [3.8, 4) is 0 Å². The standard InChI is InChI=1S/C16H28N4O/c1-12(2)13-14(17-3)19-11-20-15(13)18-9-16(10-21)7-5-4-6-8-16/h11-12,21H,4-10H2,1-3H3,(H2,17,18,19,20). The first-order chi connectivity index (χ1) is 10.1. The Morgan fingerprint density at radius 3 is 2.43 bits per heavy atom. The second-order valence-electron chi connectivity index (χ2n) is 6.46. The van der Waals surface area contributed by atoms with Crippen molar-refractivity contribution in [1.29, 1.82) is 0 Å². The Kier molecular flexibility index (Phi) is 5.39. The number of hydrogen-bond donors (Lipinski definition) is 3. The van der Waals surface area contributed by atoms with Crippen molar-refractivity contribution in [2.75, 3.05) is 30.8 Å². The molecule has 3 N–H and O–H groups in total. The van der Waals surface area contributed by atoms with Crippen LogP contribution in [0.4, 0.5) is 11.6 Å². The van der Waals surface area contributed by atoms with Crippen LogP contribution in [-0.4, -0.2) is 35.3 Å². The van der Waals surface area contributed by atoms with Crippen LogP contribution in [0.5, 0.6) is 0 Å². The summed E-state index contributed by atoms with van der Waals surface area (Å²) in [6, 6.07) is 0. The van der Waals surface area contributed by atoms with E-state index < -0.39 is 0 Å². The Bertz CT molecular complexity index is 456. The van der Waals surface area contributed by atoms with Gasteiger partial charge in [-0.25, -0.2) is 9.97 Å². The monoisotopic (exact) mass is 292 g/mol. The van der Waals surface area contributed by atoms with Gasteiger partial charge in [0.15, 0.2) is 0 Å². The number of nitrogens with zero attached hydrogens (tertiary/aromatic N) is 2. The number of rotatable bonds is 6. The number of nitrogens with one attached hydrogen (secondary N) is 2. The van der Waals surface area contributed by atoms with Gasteiger partial charge in [-0.2, -0.15) is 0 Å². The predicted octanol–water partition coefficient (Wildman–Crippen LogP) is 3.00. The first-order valence-corrected chi connectivity index (χ1v) is 7.99. The minimum atomic E-state index is 0.0112. The molecule has 1 aliphatic rings. The summed E-state index contributed by atoms with van der Waals surface area (Å²) in [5, 5.41) is 16.4. The van der Waals surface area contributed by atoms with Crippen molar-refractivity contribution in [3.05, 3.63) is 11.9 Å². The highest BCUT2D eigenvalue weighted by Gasteiger charge is 2.31. The minimum absolute atomic E-state index is 0.0112. The molecule has 1 aromatic heterocycles. The minimum Gasteiger partial charge on any atom is -0.396 e. The number of aromatic nitrogens is 2. The van der Waals surface area contributed by atoms with Crippen molar-refractivity contribution in [2.45, 2.75) is 51.9 Å². The molecular formula is C16H28N4O. The molecule has 0 saturated heterocycles. The molecule has 0 aromatic carbocycles. The normalized spacial score (nSPS) is 17.8. The van der Waals surface area contributed by atoms with Gasteiger partial charge in [0.25, 0.3) is 0 Å². The molecule has 0 radical (unpaired) electrons. The molecule has 21 heavy (non-hydrogen) atoms. The van der Waals surface area contributed by atoms with Gasteiger partial charge in [0, 0.05) is 24.6 Å². The molecular weight excluding hydrogens is 264 g/mol. The van der Waals surface area contributed by atoms with Crippen molar-refractivity contribution in [1.82, 2.24) is 9.97 Å². The van der Waals surface area contributed by atoms with Gasteiger partial charge in [0.2, 0.25) is 0 Å². The first-order valence-electron chi connectivity index (χ1n) is 7.99. The van der Waals surface area contributed by atoms with E-state index in [1.165, 1.54) is 19.3 Å². The second-order valence-corrected chi connectivity index (χ2v) is 6.46. The lowest BCUT2D eigenvalue weighted by Crippen LogP contribution is -2.36. The van der Waals surface area contributed by atoms with E-state index in [0.717, 1.165) is 36.6 Å². The van der Waals surface area contributed by atoms with E-state index in [1.54, 1.807) is 6.33 Å². The lowest BCUT2D eigenvalue weighted by Gasteiger charge is -2.36. The average Bonchev–Trinajstić information content (AvgIpc) is 2.53. The zero-order valence-electron chi connectivity index (χ0n) is 13.4. The van der Waals surface area contributed by atoms with Gasteiger partial charge in [-0.3, -0.25) is 0 Å². The number of hydrogen-bond acceptors (Lipinski definition) is 5. The molecule has 0 amide bonds. The van der Waals surface area contributed by atoms with Crippen LogP contribution in [0.2, 0.25) is 0 Å². The van der Waals surface area contributed by atoms with Crippen LogP contribution in [0.1, 0.15) is 57.4 Å². The molecule has 1 aliphatic carbocycles. The molecule has 0 unspecified atom stereocenters. The van der Waals surface area contributed by atoms with Crippen LogP contribution in [0.25, 0.3) is 0 Å². The molecule has 0 bridgehead atoms. The molecule has 1 saturated carbocycles. The molecule has 2 rings (SSSR count). The van der Waals surface area contributed by atoms with E-state index in [0.29, 0.717) is 5.92 Å². The fraction of sp³-hybridized carbons (Fsp3) is 0.750. The van der Waals surface area contributed by atoms with Crippen LogP contribution in [0, 0.1) is 5.41 Å². The van der Waals surface area contributed by atoms with Crippen LogP contribution >= 0.6 is 0 Å². The smallest absolute Gasteiger partial charge is 0.135 e. The van der Waals surface area contributed by atoms with Crippen LogP contribution < -0.4 is 10.6 Å². The van der Waals surface area contributed by atoms with Crippen LogP contribution in [0.15, 0.2) is 6.33 Å². The third-order valence-corrected chi connectivity index (χ3v) is 4.58. The maximum absolute atomic E-state index is 9.81. The highest BCUT2D eigenvalue weighted by molar-refractivity contribution is 5.58. The Hall–Kier alpha value is -1.36. The summed E-state index contributed by atoms with van der Waals surface area (Å²) in [5.74, 6) is 2.11. The number of aliphatic hydroxyl groups excluding tert-OH is 1. The van der Waals surface area contributed by atoms with Crippen molar-refractivity contribution >= 4 is 11.6 Å². The van der Waals surface area contributed by atoms with Gasteiger partial charge >= 0.3 is 0 Å². The molecule has 1 heterocycles. The zero-order chi connectivity index (χ0) is 15.3. The second kappa shape index (κ2) is 7.07. The lowest BCUT2D eigenvalue weighted by molar-refractivity contribution is 0.0943. The largest absolute Gasteiger partial charge is 0.396 e. The van der Waals surface area contributed by atoms with Crippen molar-refractivity contribution < 1.29 is 5.11 Å². The molecule has 118 valence electrons. The summed E-state index contributed by atoms with van der Waals surface area (Å²) >= 11 is 0. The maximum Gasteiger partial charge on any atom is 0.135 e. The third-order valence-electron chi connectivity index (χ3n) is 4.58. The van der Waals surface area contributed by atoms with Crippen LogP contribution in [-0.2, 0) is 0 Å². The summed E-state index contributed by atoms with van der Waals surface area (Å²) in [6.45, 7) is 5.32. The van der Waals surface area contributed by atoms with Gasteiger partial charge in [-0.05, 0) is 18.8 Å². The topological polar surface area (TPSA) is 70.1 Å². The van der Waals surface area contributed by atoms with E-state index in [9.17, 15) is 5.11 Å². The van der Waals surface area contributed by atoms with Crippen molar-refractivity contribution in [2.24, 2.45) is 5.41 Å². The average molecular weight is 292 g/mol. The van der Waals surface area contributed by atoms with Gasteiger partial charge in [-0.1, -0.05) is 33.1 Å².